The number of nitrogens with zero attached hydrogens (tertiary/aromatic N) is 2. The summed E-state index contributed by atoms with van der Waals surface area (Å²) >= 11 is 0. The van der Waals surface area contributed by atoms with Gasteiger partial charge in [-0.3, -0.25) is 0 Å². The van der Waals surface area contributed by atoms with E-state index in [0.717, 1.165) is 0 Å². The third-order valence-corrected chi connectivity index (χ3v) is 1.62. The van der Waals surface area contributed by atoms with Crippen LogP contribution < -0.4 is 0 Å². The van der Waals surface area contributed by atoms with E-state index in [-0.39, 0.29) is 12.1 Å². The zero-order chi connectivity index (χ0) is 8.16. The minimum atomic E-state index is -0.321. The van der Waals surface area contributed by atoms with Gasteiger partial charge in [-0.05, 0) is 13.0 Å². The maximum absolute atomic E-state index is 8.72. The molecule has 0 aromatic carbocycles. The summed E-state index contributed by atoms with van der Waals surface area (Å²) in [5.41, 5.74) is -0.321. The van der Waals surface area contributed by atoms with Crippen molar-refractivity contribution in [2.24, 2.45) is 10.2 Å². The first kappa shape index (κ1) is 8.14. The SMILES string of the molecule is CC1(CCO)C=CC=CN=N1. The van der Waals surface area contributed by atoms with E-state index < -0.39 is 0 Å². The molecule has 3 heteroatoms. The highest BCUT2D eigenvalue weighted by atomic mass is 16.3. The molecule has 0 bridgehead atoms. The van der Waals surface area contributed by atoms with Crippen LogP contribution in [0, 0.1) is 0 Å². The molecule has 1 unspecified atom stereocenters. The molecule has 60 valence electrons. The summed E-state index contributed by atoms with van der Waals surface area (Å²) in [7, 11) is 0. The summed E-state index contributed by atoms with van der Waals surface area (Å²) < 4.78 is 0. The molecule has 1 rings (SSSR count). The molecule has 0 fully saturated rings. The molecule has 0 aromatic heterocycles. The second kappa shape index (κ2) is 3.44. The van der Waals surface area contributed by atoms with Crippen LogP contribution in [0.5, 0.6) is 0 Å². The van der Waals surface area contributed by atoms with Crippen molar-refractivity contribution in [3.63, 3.8) is 0 Å². The molecule has 0 radical (unpaired) electrons. The van der Waals surface area contributed by atoms with Crippen LogP contribution >= 0.6 is 0 Å². The Morgan fingerprint density at radius 1 is 1.45 bits per heavy atom. The lowest BCUT2D eigenvalue weighted by atomic mass is 9.99. The lowest BCUT2D eigenvalue weighted by Gasteiger charge is -2.16. The molecule has 1 aliphatic heterocycles. The highest BCUT2D eigenvalue weighted by Gasteiger charge is 2.19. The standard InChI is InChI=1S/C8H12N2O/c1-8(5-7-11)4-2-3-6-9-10-8/h2-4,6,11H,5,7H2,1H3. The molecule has 11 heavy (non-hydrogen) atoms. The maximum atomic E-state index is 8.72. The van der Waals surface area contributed by atoms with E-state index in [4.69, 9.17) is 5.11 Å². The molecular weight excluding hydrogens is 140 g/mol. The van der Waals surface area contributed by atoms with Crippen molar-refractivity contribution in [1.82, 2.24) is 0 Å². The summed E-state index contributed by atoms with van der Waals surface area (Å²) in [6.45, 7) is 2.08. The van der Waals surface area contributed by atoms with Crippen LogP contribution in [0.15, 0.2) is 34.7 Å². The minimum absolute atomic E-state index is 0.139. The summed E-state index contributed by atoms with van der Waals surface area (Å²) in [5, 5.41) is 16.6. The average molecular weight is 152 g/mol. The van der Waals surface area contributed by atoms with E-state index in [1.54, 1.807) is 6.20 Å². The minimum Gasteiger partial charge on any atom is -0.396 e. The molecule has 0 saturated carbocycles. The van der Waals surface area contributed by atoms with Crippen molar-refractivity contribution in [1.29, 1.82) is 0 Å². The van der Waals surface area contributed by atoms with E-state index in [9.17, 15) is 0 Å². The van der Waals surface area contributed by atoms with Crippen LogP contribution in [0.4, 0.5) is 0 Å². The number of allylic oxidation sites excluding steroid dienone is 2. The van der Waals surface area contributed by atoms with Gasteiger partial charge in [0.15, 0.2) is 0 Å². The summed E-state index contributed by atoms with van der Waals surface area (Å²) in [6, 6.07) is 0. The average Bonchev–Trinajstić information content (AvgIpc) is 2.15. The Bertz CT molecular complexity index is 190. The zero-order valence-corrected chi connectivity index (χ0v) is 6.57. The molecule has 0 aliphatic carbocycles. The third-order valence-electron chi connectivity index (χ3n) is 1.62. The molecule has 3 nitrogen and oxygen atoms in total. The summed E-state index contributed by atoms with van der Waals surface area (Å²) in [4.78, 5) is 0. The Morgan fingerprint density at radius 2 is 2.27 bits per heavy atom. The van der Waals surface area contributed by atoms with Crippen LogP contribution in [0.3, 0.4) is 0 Å². The number of hydrogen-bond donors (Lipinski definition) is 1. The normalized spacial score (nSPS) is 28.9. The van der Waals surface area contributed by atoms with Gasteiger partial charge in [0.1, 0.15) is 0 Å². The fraction of sp³-hybridized carbons (Fsp3) is 0.500. The molecule has 1 atom stereocenters. The van der Waals surface area contributed by atoms with Crippen LogP contribution in [0.2, 0.25) is 0 Å². The lowest BCUT2D eigenvalue weighted by molar-refractivity contribution is 0.261. The second-order valence-electron chi connectivity index (χ2n) is 2.75. The Morgan fingerprint density at radius 3 is 3.00 bits per heavy atom. The largest absolute Gasteiger partial charge is 0.396 e. The van der Waals surface area contributed by atoms with Gasteiger partial charge in [-0.25, -0.2) is 0 Å². The number of hydrogen-bond acceptors (Lipinski definition) is 3. The molecule has 1 N–H and O–H groups in total. The first-order valence-electron chi connectivity index (χ1n) is 3.64. The molecule has 1 heterocycles. The molecule has 1 aliphatic rings. The Balaban J connectivity index is 2.70. The number of rotatable bonds is 2. The van der Waals surface area contributed by atoms with E-state index in [1.165, 1.54) is 0 Å². The molecule has 0 spiro atoms. The fourth-order valence-electron chi connectivity index (χ4n) is 0.909. The highest BCUT2D eigenvalue weighted by molar-refractivity contribution is 5.13. The van der Waals surface area contributed by atoms with Gasteiger partial charge < -0.3 is 5.11 Å². The quantitative estimate of drug-likeness (QED) is 0.642. The first-order chi connectivity index (χ1) is 5.27. The van der Waals surface area contributed by atoms with Crippen LogP contribution in [0.25, 0.3) is 0 Å². The molecule has 0 amide bonds. The molecule has 0 saturated heterocycles. The van der Waals surface area contributed by atoms with E-state index in [1.807, 2.05) is 25.2 Å². The monoisotopic (exact) mass is 152 g/mol. The second-order valence-corrected chi connectivity index (χ2v) is 2.75. The maximum Gasteiger partial charge on any atom is 0.0996 e. The summed E-state index contributed by atoms with van der Waals surface area (Å²) in [5.74, 6) is 0. The van der Waals surface area contributed by atoms with Gasteiger partial charge in [-0.2, -0.15) is 10.2 Å². The molecular formula is C8H12N2O. The Kier molecular flexibility index (Phi) is 2.54. The van der Waals surface area contributed by atoms with Gasteiger partial charge in [0.05, 0.1) is 5.54 Å². The van der Waals surface area contributed by atoms with Crippen molar-refractivity contribution < 1.29 is 5.11 Å². The van der Waals surface area contributed by atoms with Crippen molar-refractivity contribution in [2.45, 2.75) is 18.9 Å². The zero-order valence-electron chi connectivity index (χ0n) is 6.57. The van der Waals surface area contributed by atoms with Crippen molar-refractivity contribution in [3.8, 4) is 0 Å². The van der Waals surface area contributed by atoms with Gasteiger partial charge in [0, 0.05) is 19.2 Å². The lowest BCUT2D eigenvalue weighted by Crippen LogP contribution is -2.19. The van der Waals surface area contributed by atoms with Gasteiger partial charge in [-0.15, -0.1) is 0 Å². The van der Waals surface area contributed by atoms with Crippen molar-refractivity contribution >= 4 is 0 Å². The van der Waals surface area contributed by atoms with Crippen molar-refractivity contribution in [2.75, 3.05) is 6.61 Å². The predicted molar refractivity (Wildman–Crippen MR) is 43.2 cm³/mol. The molecule has 0 aromatic rings. The van der Waals surface area contributed by atoms with Gasteiger partial charge >= 0.3 is 0 Å². The Labute approximate surface area is 66.1 Å². The summed E-state index contributed by atoms with van der Waals surface area (Å²) in [6.07, 6.45) is 7.92. The van der Waals surface area contributed by atoms with Gasteiger partial charge in [-0.1, -0.05) is 12.2 Å². The van der Waals surface area contributed by atoms with E-state index in [2.05, 4.69) is 10.2 Å². The fourth-order valence-corrected chi connectivity index (χ4v) is 0.909. The number of aliphatic hydroxyl groups excluding tert-OH is 1. The number of aliphatic hydroxyl groups is 1. The number of azo groups is 1. The predicted octanol–water partition coefficient (Wildman–Crippen LogP) is 1.66. The topological polar surface area (TPSA) is 45.0 Å². The smallest absolute Gasteiger partial charge is 0.0996 e. The first-order valence-corrected chi connectivity index (χ1v) is 3.64. The van der Waals surface area contributed by atoms with Crippen LogP contribution in [-0.4, -0.2) is 17.3 Å². The van der Waals surface area contributed by atoms with Crippen LogP contribution in [0.1, 0.15) is 13.3 Å². The van der Waals surface area contributed by atoms with E-state index >= 15 is 0 Å². The van der Waals surface area contributed by atoms with Gasteiger partial charge in [0.2, 0.25) is 0 Å². The van der Waals surface area contributed by atoms with Crippen molar-refractivity contribution in [3.05, 3.63) is 24.4 Å². The van der Waals surface area contributed by atoms with E-state index in [0.29, 0.717) is 6.42 Å². The van der Waals surface area contributed by atoms with Crippen LogP contribution in [-0.2, 0) is 0 Å². The van der Waals surface area contributed by atoms with Gasteiger partial charge in [0.25, 0.3) is 0 Å². The third kappa shape index (κ3) is 2.27. The Hall–Kier alpha value is -0.960. The highest BCUT2D eigenvalue weighted by Crippen LogP contribution is 2.19.